The zero-order valence-electron chi connectivity index (χ0n) is 9.55. The summed E-state index contributed by atoms with van der Waals surface area (Å²) < 4.78 is 4.75. The van der Waals surface area contributed by atoms with E-state index in [9.17, 15) is 9.59 Å². The highest BCUT2D eigenvalue weighted by Crippen LogP contribution is 2.24. The van der Waals surface area contributed by atoms with Gasteiger partial charge in [0, 0.05) is 5.57 Å². The normalized spacial score (nSPS) is 11.6. The number of carbonyl (C=O) groups is 2. The fourth-order valence-electron chi connectivity index (χ4n) is 1.48. The van der Waals surface area contributed by atoms with Crippen LogP contribution in [0.15, 0.2) is 42.5 Å². The van der Waals surface area contributed by atoms with Gasteiger partial charge in [-0.05, 0) is 12.5 Å². The summed E-state index contributed by atoms with van der Waals surface area (Å²) in [6.45, 7) is 5.37. The highest BCUT2D eigenvalue weighted by atomic mass is 16.5. The van der Waals surface area contributed by atoms with Gasteiger partial charge in [0.25, 0.3) is 0 Å². The minimum atomic E-state index is -1.12. The van der Waals surface area contributed by atoms with Crippen molar-refractivity contribution in [1.82, 2.24) is 0 Å². The van der Waals surface area contributed by atoms with E-state index in [1.165, 1.54) is 0 Å². The Labute approximate surface area is 99.5 Å². The van der Waals surface area contributed by atoms with E-state index >= 15 is 0 Å². The SMILES string of the molecule is C=C(C(=O)OCC)C(C(=O)O)c1ccccc1. The van der Waals surface area contributed by atoms with Crippen molar-refractivity contribution in [1.29, 1.82) is 0 Å². The van der Waals surface area contributed by atoms with E-state index < -0.39 is 17.9 Å². The van der Waals surface area contributed by atoms with E-state index in [1.807, 2.05) is 0 Å². The summed E-state index contributed by atoms with van der Waals surface area (Å²) >= 11 is 0. The maximum atomic E-state index is 11.5. The van der Waals surface area contributed by atoms with Crippen molar-refractivity contribution in [3.05, 3.63) is 48.0 Å². The van der Waals surface area contributed by atoms with Gasteiger partial charge < -0.3 is 9.84 Å². The smallest absolute Gasteiger partial charge is 0.334 e. The molecule has 0 heterocycles. The number of hydrogen-bond donors (Lipinski definition) is 1. The molecule has 1 unspecified atom stereocenters. The molecule has 0 aliphatic rings. The summed E-state index contributed by atoms with van der Waals surface area (Å²) in [4.78, 5) is 22.7. The van der Waals surface area contributed by atoms with Crippen molar-refractivity contribution in [2.45, 2.75) is 12.8 Å². The van der Waals surface area contributed by atoms with Gasteiger partial charge in [-0.3, -0.25) is 4.79 Å². The molecule has 0 amide bonds. The molecule has 1 N–H and O–H groups in total. The monoisotopic (exact) mass is 234 g/mol. The number of carboxylic acids is 1. The van der Waals surface area contributed by atoms with Crippen LogP contribution in [0.3, 0.4) is 0 Å². The third-order valence-electron chi connectivity index (χ3n) is 2.27. The van der Waals surface area contributed by atoms with Crippen LogP contribution in [-0.4, -0.2) is 23.7 Å². The second-order valence-electron chi connectivity index (χ2n) is 3.43. The summed E-state index contributed by atoms with van der Waals surface area (Å²) in [6.07, 6.45) is 0. The largest absolute Gasteiger partial charge is 0.481 e. The van der Waals surface area contributed by atoms with Crippen LogP contribution >= 0.6 is 0 Å². The highest BCUT2D eigenvalue weighted by molar-refractivity contribution is 5.97. The molecule has 0 aliphatic heterocycles. The molecule has 90 valence electrons. The third-order valence-corrected chi connectivity index (χ3v) is 2.27. The van der Waals surface area contributed by atoms with E-state index in [1.54, 1.807) is 37.3 Å². The zero-order chi connectivity index (χ0) is 12.8. The topological polar surface area (TPSA) is 63.6 Å². The van der Waals surface area contributed by atoms with Crippen molar-refractivity contribution in [2.24, 2.45) is 0 Å². The van der Waals surface area contributed by atoms with Gasteiger partial charge in [0.05, 0.1) is 6.61 Å². The Bertz CT molecular complexity index is 422. The highest BCUT2D eigenvalue weighted by Gasteiger charge is 2.28. The van der Waals surface area contributed by atoms with Gasteiger partial charge in [-0.1, -0.05) is 36.9 Å². The van der Waals surface area contributed by atoms with Crippen LogP contribution in [0.25, 0.3) is 0 Å². The Morgan fingerprint density at radius 1 is 1.35 bits per heavy atom. The molecule has 0 radical (unpaired) electrons. The van der Waals surface area contributed by atoms with E-state index in [0.717, 1.165) is 0 Å². The molecule has 0 aromatic heterocycles. The first-order valence-electron chi connectivity index (χ1n) is 5.21. The predicted molar refractivity (Wildman–Crippen MR) is 62.6 cm³/mol. The van der Waals surface area contributed by atoms with Gasteiger partial charge in [0.1, 0.15) is 5.92 Å². The number of carboxylic acid groups (broad SMARTS) is 1. The Hall–Kier alpha value is -2.10. The molecule has 0 spiro atoms. The minimum Gasteiger partial charge on any atom is -0.481 e. The van der Waals surface area contributed by atoms with Gasteiger partial charge in [-0.25, -0.2) is 4.79 Å². The second kappa shape index (κ2) is 5.84. The lowest BCUT2D eigenvalue weighted by molar-refractivity contribution is -0.143. The number of esters is 1. The first-order valence-corrected chi connectivity index (χ1v) is 5.21. The fraction of sp³-hybridized carbons (Fsp3) is 0.231. The van der Waals surface area contributed by atoms with Gasteiger partial charge in [-0.2, -0.15) is 0 Å². The zero-order valence-corrected chi connectivity index (χ0v) is 9.55. The number of rotatable bonds is 5. The molecule has 4 heteroatoms. The Kier molecular flexibility index (Phi) is 4.46. The molecule has 4 nitrogen and oxygen atoms in total. The Morgan fingerprint density at radius 3 is 2.41 bits per heavy atom. The van der Waals surface area contributed by atoms with Crippen molar-refractivity contribution >= 4 is 11.9 Å². The molecule has 0 aliphatic carbocycles. The van der Waals surface area contributed by atoms with Crippen LogP contribution in [0.5, 0.6) is 0 Å². The molecule has 1 atom stereocenters. The summed E-state index contributed by atoms with van der Waals surface area (Å²) in [5, 5.41) is 9.15. The van der Waals surface area contributed by atoms with Crippen LogP contribution in [0.1, 0.15) is 18.4 Å². The molecule has 0 saturated heterocycles. The molecule has 1 aromatic carbocycles. The Balaban J connectivity index is 2.99. The van der Waals surface area contributed by atoms with Gasteiger partial charge in [-0.15, -0.1) is 0 Å². The van der Waals surface area contributed by atoms with Crippen molar-refractivity contribution in [3.63, 3.8) is 0 Å². The number of hydrogen-bond acceptors (Lipinski definition) is 3. The van der Waals surface area contributed by atoms with Crippen molar-refractivity contribution < 1.29 is 19.4 Å². The summed E-state index contributed by atoms with van der Waals surface area (Å²) in [7, 11) is 0. The van der Waals surface area contributed by atoms with Crippen LogP contribution < -0.4 is 0 Å². The van der Waals surface area contributed by atoms with Crippen molar-refractivity contribution in [3.8, 4) is 0 Å². The van der Waals surface area contributed by atoms with Gasteiger partial charge >= 0.3 is 11.9 Å². The van der Waals surface area contributed by atoms with Gasteiger partial charge in [0.2, 0.25) is 0 Å². The molecule has 0 bridgehead atoms. The number of ether oxygens (including phenoxy) is 1. The lowest BCUT2D eigenvalue weighted by Gasteiger charge is -2.14. The standard InChI is InChI=1S/C13H14O4/c1-3-17-13(16)9(2)11(12(14)15)10-7-5-4-6-8-10/h4-8,11H,2-3H2,1H3,(H,14,15). The van der Waals surface area contributed by atoms with E-state index in [0.29, 0.717) is 5.56 Å². The average Bonchev–Trinajstić information content (AvgIpc) is 2.30. The Morgan fingerprint density at radius 2 is 1.94 bits per heavy atom. The number of carbonyl (C=O) groups excluding carboxylic acids is 1. The van der Waals surface area contributed by atoms with Crippen LogP contribution in [-0.2, 0) is 14.3 Å². The van der Waals surface area contributed by atoms with Crippen LogP contribution in [0.4, 0.5) is 0 Å². The summed E-state index contributed by atoms with van der Waals surface area (Å²) in [5.74, 6) is -2.85. The van der Waals surface area contributed by atoms with E-state index in [2.05, 4.69) is 6.58 Å². The molecular weight excluding hydrogens is 220 g/mol. The maximum absolute atomic E-state index is 11.5. The fourth-order valence-corrected chi connectivity index (χ4v) is 1.48. The lowest BCUT2D eigenvalue weighted by Crippen LogP contribution is -2.20. The van der Waals surface area contributed by atoms with Crippen molar-refractivity contribution in [2.75, 3.05) is 6.61 Å². The first-order chi connectivity index (χ1) is 8.07. The first kappa shape index (κ1) is 13.0. The van der Waals surface area contributed by atoms with E-state index in [-0.39, 0.29) is 12.2 Å². The molecule has 1 rings (SSSR count). The second-order valence-corrected chi connectivity index (χ2v) is 3.43. The number of aliphatic carboxylic acids is 1. The third kappa shape index (κ3) is 3.17. The molecule has 0 fully saturated rings. The lowest BCUT2D eigenvalue weighted by atomic mass is 9.92. The summed E-state index contributed by atoms with van der Waals surface area (Å²) in [6, 6.07) is 8.48. The van der Waals surface area contributed by atoms with Crippen LogP contribution in [0.2, 0.25) is 0 Å². The molecule has 0 saturated carbocycles. The molecule has 17 heavy (non-hydrogen) atoms. The number of benzene rings is 1. The summed E-state index contributed by atoms with van der Waals surface area (Å²) in [5.41, 5.74) is 0.448. The molecular formula is C13H14O4. The van der Waals surface area contributed by atoms with Crippen LogP contribution in [0, 0.1) is 0 Å². The predicted octanol–water partition coefficient (Wildman–Crippen LogP) is 1.97. The van der Waals surface area contributed by atoms with E-state index in [4.69, 9.17) is 9.84 Å². The quantitative estimate of drug-likeness (QED) is 0.625. The van der Waals surface area contributed by atoms with Gasteiger partial charge in [0.15, 0.2) is 0 Å². The molecule has 1 aromatic rings. The maximum Gasteiger partial charge on any atom is 0.334 e. The minimum absolute atomic E-state index is 0.0643. The average molecular weight is 234 g/mol.